The van der Waals surface area contributed by atoms with Gasteiger partial charge >= 0.3 is 5.97 Å². The van der Waals surface area contributed by atoms with Crippen LogP contribution in [0.15, 0.2) is 28.2 Å². The van der Waals surface area contributed by atoms with Gasteiger partial charge in [-0.3, -0.25) is 9.89 Å². The Kier molecular flexibility index (Phi) is 6.49. The number of dihydropyridines is 1. The highest BCUT2D eigenvalue weighted by atomic mass is 35.5. The van der Waals surface area contributed by atoms with E-state index < -0.39 is 11.8 Å². The van der Waals surface area contributed by atoms with Crippen molar-refractivity contribution in [1.29, 1.82) is 0 Å². The van der Waals surface area contributed by atoms with Crippen molar-refractivity contribution in [2.24, 2.45) is 16.8 Å². The van der Waals surface area contributed by atoms with Crippen molar-refractivity contribution >= 4 is 23.3 Å². The molecule has 0 amide bonds. The minimum atomic E-state index is -1.23. The van der Waals surface area contributed by atoms with E-state index in [0.717, 1.165) is 55.8 Å². The van der Waals surface area contributed by atoms with Gasteiger partial charge in [0.2, 0.25) is 0 Å². The van der Waals surface area contributed by atoms with Gasteiger partial charge in [0.1, 0.15) is 11.6 Å². The Balaban J connectivity index is 1.16. The molecule has 1 N–H and O–H groups in total. The second-order valence-electron chi connectivity index (χ2n) is 10.2. The molecule has 33 heavy (non-hydrogen) atoms. The number of halogens is 2. The predicted octanol–water partition coefficient (Wildman–Crippen LogP) is 5.63. The number of likely N-dealkylation sites (tertiary alicyclic amines) is 1. The summed E-state index contributed by atoms with van der Waals surface area (Å²) < 4.78 is 20.3. The van der Waals surface area contributed by atoms with Crippen LogP contribution in [-0.2, 0) is 0 Å². The lowest BCUT2D eigenvalue weighted by atomic mass is 9.93. The Bertz CT molecular complexity index is 978. The molecule has 2 atom stereocenters. The van der Waals surface area contributed by atoms with Crippen LogP contribution >= 0.6 is 11.6 Å². The Morgan fingerprint density at radius 2 is 1.91 bits per heavy atom. The SMILES string of the molecule is CC(C1CC(Cl)=CC(C2CC2)=N1)N1CCC(COc2cc(F)c(C(=O)O)cc2C2CC2)CC1. The molecule has 4 aliphatic rings. The van der Waals surface area contributed by atoms with E-state index in [4.69, 9.17) is 21.3 Å². The zero-order chi connectivity index (χ0) is 23.1. The van der Waals surface area contributed by atoms with Gasteiger partial charge in [0.25, 0.3) is 0 Å². The Hall–Kier alpha value is -1.92. The van der Waals surface area contributed by atoms with Crippen LogP contribution in [0.2, 0.25) is 0 Å². The fourth-order valence-electron chi connectivity index (χ4n) is 5.13. The van der Waals surface area contributed by atoms with Crippen molar-refractivity contribution in [2.45, 2.75) is 69.9 Å². The first-order valence-corrected chi connectivity index (χ1v) is 12.6. The molecule has 0 bridgehead atoms. The lowest BCUT2D eigenvalue weighted by Gasteiger charge is -2.39. The van der Waals surface area contributed by atoms with Crippen LogP contribution in [-0.4, -0.2) is 53.5 Å². The average Bonchev–Trinajstić information content (AvgIpc) is 3.70. The normalized spacial score (nSPS) is 25.4. The van der Waals surface area contributed by atoms with Gasteiger partial charge in [0.05, 0.1) is 18.2 Å². The minimum Gasteiger partial charge on any atom is -0.493 e. The van der Waals surface area contributed by atoms with E-state index in [1.807, 2.05) is 0 Å². The molecule has 5 nitrogen and oxygen atoms in total. The van der Waals surface area contributed by atoms with E-state index >= 15 is 0 Å². The highest BCUT2D eigenvalue weighted by Gasteiger charge is 2.34. The van der Waals surface area contributed by atoms with Gasteiger partial charge in [-0.15, -0.1) is 0 Å². The van der Waals surface area contributed by atoms with E-state index in [1.165, 1.54) is 30.7 Å². The molecule has 0 aromatic heterocycles. The van der Waals surface area contributed by atoms with Crippen LogP contribution in [0.1, 0.15) is 73.7 Å². The van der Waals surface area contributed by atoms with Crippen LogP contribution in [0.3, 0.4) is 0 Å². The number of piperidine rings is 1. The first-order chi connectivity index (χ1) is 15.9. The topological polar surface area (TPSA) is 62.1 Å². The maximum absolute atomic E-state index is 14.3. The van der Waals surface area contributed by atoms with Gasteiger partial charge in [-0.1, -0.05) is 11.6 Å². The van der Waals surface area contributed by atoms with Crippen LogP contribution in [0.4, 0.5) is 4.39 Å². The monoisotopic (exact) mass is 474 g/mol. The molecule has 2 aliphatic heterocycles. The van der Waals surface area contributed by atoms with E-state index in [2.05, 4.69) is 17.9 Å². The molecule has 2 unspecified atom stereocenters. The third-order valence-corrected chi connectivity index (χ3v) is 7.89. The average molecular weight is 475 g/mol. The summed E-state index contributed by atoms with van der Waals surface area (Å²) in [7, 11) is 0. The number of allylic oxidation sites excluding steroid dienone is 1. The van der Waals surface area contributed by atoms with E-state index in [9.17, 15) is 14.3 Å². The fraction of sp³-hybridized carbons (Fsp3) is 0.615. The molecule has 178 valence electrons. The lowest BCUT2D eigenvalue weighted by molar-refractivity contribution is 0.0691. The van der Waals surface area contributed by atoms with Crippen molar-refractivity contribution in [3.05, 3.63) is 40.2 Å². The van der Waals surface area contributed by atoms with Crippen LogP contribution in [0.5, 0.6) is 5.75 Å². The summed E-state index contributed by atoms with van der Waals surface area (Å²) >= 11 is 6.45. The molecule has 2 heterocycles. The largest absolute Gasteiger partial charge is 0.493 e. The maximum atomic E-state index is 14.3. The van der Waals surface area contributed by atoms with Crippen LogP contribution in [0.25, 0.3) is 0 Å². The molecule has 1 saturated heterocycles. The standard InChI is InChI=1S/C26H32ClFN2O3/c1-15(23-10-19(27)11-24(29-23)18-4-5-18)30-8-6-16(7-9-30)14-33-25-13-22(28)21(26(31)32)12-20(25)17-2-3-17/h11-13,15-18,23H,2-10,14H2,1H3,(H,31,32). The Morgan fingerprint density at radius 3 is 2.55 bits per heavy atom. The third kappa shape index (κ3) is 5.27. The first kappa shape index (κ1) is 22.9. The molecule has 0 radical (unpaired) electrons. The molecule has 0 spiro atoms. The zero-order valence-electron chi connectivity index (χ0n) is 19.1. The quantitative estimate of drug-likeness (QED) is 0.530. The number of carboxylic acids is 1. The molecule has 3 fully saturated rings. The van der Waals surface area contributed by atoms with Crippen molar-refractivity contribution in [1.82, 2.24) is 4.90 Å². The molecule has 1 aromatic rings. The van der Waals surface area contributed by atoms with Crippen LogP contribution < -0.4 is 4.74 Å². The molecule has 2 saturated carbocycles. The zero-order valence-corrected chi connectivity index (χ0v) is 19.9. The number of rotatable bonds is 8. The van der Waals surface area contributed by atoms with Gasteiger partial charge in [-0.05, 0) is 88.1 Å². The molecule has 2 aliphatic carbocycles. The summed E-state index contributed by atoms with van der Waals surface area (Å²) in [5.41, 5.74) is 1.77. The highest BCUT2D eigenvalue weighted by Crippen LogP contribution is 2.45. The second-order valence-corrected chi connectivity index (χ2v) is 10.7. The number of carbonyl (C=O) groups is 1. The van der Waals surface area contributed by atoms with Crippen LogP contribution in [0, 0.1) is 17.7 Å². The predicted molar refractivity (Wildman–Crippen MR) is 127 cm³/mol. The summed E-state index contributed by atoms with van der Waals surface area (Å²) in [4.78, 5) is 18.9. The number of benzene rings is 1. The van der Waals surface area contributed by atoms with Crippen molar-refractivity contribution in [3.8, 4) is 5.75 Å². The second kappa shape index (κ2) is 9.38. The number of aliphatic imine (C=N–C) groups is 1. The van der Waals surface area contributed by atoms with Gasteiger partial charge in [0.15, 0.2) is 0 Å². The molecule has 1 aromatic carbocycles. The van der Waals surface area contributed by atoms with Gasteiger partial charge in [0, 0.05) is 35.2 Å². The molecular weight excluding hydrogens is 443 g/mol. The van der Waals surface area contributed by atoms with E-state index in [1.54, 1.807) is 0 Å². The summed E-state index contributed by atoms with van der Waals surface area (Å²) in [5.74, 6) is -0.127. The van der Waals surface area contributed by atoms with Crippen molar-refractivity contribution in [2.75, 3.05) is 19.7 Å². The van der Waals surface area contributed by atoms with E-state index in [-0.39, 0.29) is 11.6 Å². The lowest BCUT2D eigenvalue weighted by Crippen LogP contribution is -2.46. The Morgan fingerprint density at radius 1 is 1.21 bits per heavy atom. The number of nitrogens with zero attached hydrogens (tertiary/aromatic N) is 2. The number of aromatic carboxylic acids is 1. The summed E-state index contributed by atoms with van der Waals surface area (Å²) in [5, 5.41) is 10.2. The van der Waals surface area contributed by atoms with E-state index in [0.29, 0.717) is 36.2 Å². The first-order valence-electron chi connectivity index (χ1n) is 12.3. The molecular formula is C26H32ClFN2O3. The molecule has 7 heteroatoms. The number of carboxylic acid groups (broad SMARTS) is 1. The fourth-order valence-corrected chi connectivity index (χ4v) is 5.40. The molecule has 5 rings (SSSR count). The number of ether oxygens (including phenoxy) is 1. The van der Waals surface area contributed by atoms with Crippen molar-refractivity contribution in [3.63, 3.8) is 0 Å². The summed E-state index contributed by atoms with van der Waals surface area (Å²) in [6.45, 7) is 4.78. The minimum absolute atomic E-state index is 0.225. The highest BCUT2D eigenvalue weighted by molar-refractivity contribution is 6.31. The Labute approximate surface area is 199 Å². The van der Waals surface area contributed by atoms with Gasteiger partial charge in [-0.2, -0.15) is 0 Å². The van der Waals surface area contributed by atoms with Gasteiger partial charge in [-0.25, -0.2) is 9.18 Å². The van der Waals surface area contributed by atoms with Gasteiger partial charge < -0.3 is 9.84 Å². The smallest absolute Gasteiger partial charge is 0.338 e. The number of hydrogen-bond acceptors (Lipinski definition) is 4. The third-order valence-electron chi connectivity index (χ3n) is 7.62. The summed E-state index contributed by atoms with van der Waals surface area (Å²) in [6.07, 6.45) is 9.42. The summed E-state index contributed by atoms with van der Waals surface area (Å²) in [6, 6.07) is 3.31. The number of hydrogen-bond donors (Lipinski definition) is 1. The maximum Gasteiger partial charge on any atom is 0.338 e. The van der Waals surface area contributed by atoms with Crippen molar-refractivity contribution < 1.29 is 19.0 Å².